The van der Waals surface area contributed by atoms with Crippen molar-refractivity contribution in [1.82, 2.24) is 20.3 Å². The molecule has 26 heavy (non-hydrogen) atoms. The molecule has 1 heterocycles. The van der Waals surface area contributed by atoms with Crippen molar-refractivity contribution in [2.24, 2.45) is 0 Å². The van der Waals surface area contributed by atoms with Crippen molar-refractivity contribution in [3.05, 3.63) is 57.0 Å². The van der Waals surface area contributed by atoms with Crippen LogP contribution < -0.4 is 20.6 Å². The third kappa shape index (κ3) is 4.17. The summed E-state index contributed by atoms with van der Waals surface area (Å²) in [6.45, 7) is 0.729. The number of rotatable bonds is 7. The maximum atomic E-state index is 6.04. The Labute approximate surface area is 163 Å². The van der Waals surface area contributed by atoms with Crippen LogP contribution in [0, 0.1) is 0 Å². The van der Waals surface area contributed by atoms with E-state index in [1.807, 2.05) is 36.4 Å². The van der Waals surface area contributed by atoms with Gasteiger partial charge in [0.25, 0.3) is 5.95 Å². The zero-order chi connectivity index (χ0) is 18.5. The zero-order valence-electron chi connectivity index (χ0n) is 13.8. The van der Waals surface area contributed by atoms with E-state index in [0.717, 1.165) is 15.6 Å². The second-order valence-corrected chi connectivity index (χ2v) is 6.55. The van der Waals surface area contributed by atoms with Crippen LogP contribution in [0.5, 0.6) is 11.5 Å². The van der Waals surface area contributed by atoms with E-state index in [4.69, 9.17) is 26.8 Å². The average Bonchev–Trinajstić information content (AvgIpc) is 3.05. The molecular formula is C16H16BrClN6O2. The normalized spacial score (nSPS) is 10.6. The van der Waals surface area contributed by atoms with Gasteiger partial charge in [0.15, 0.2) is 11.5 Å². The number of nitrogens with zero attached hydrogens (tertiary/aromatic N) is 4. The number of tetrazole rings is 1. The van der Waals surface area contributed by atoms with Crippen molar-refractivity contribution in [3.63, 3.8) is 0 Å². The van der Waals surface area contributed by atoms with Gasteiger partial charge in [0.1, 0.15) is 6.61 Å². The molecule has 10 heteroatoms. The number of nitrogens with two attached hydrogens (primary N) is 1. The summed E-state index contributed by atoms with van der Waals surface area (Å²) in [5.74, 6) is 1.38. The maximum absolute atomic E-state index is 6.04. The van der Waals surface area contributed by atoms with E-state index in [2.05, 4.69) is 36.9 Å². The molecule has 0 atom stereocenters. The molecule has 3 aromatic rings. The lowest BCUT2D eigenvalue weighted by Crippen LogP contribution is -2.19. The largest absolute Gasteiger partial charge is 0.493 e. The molecule has 0 aliphatic rings. The van der Waals surface area contributed by atoms with Crippen molar-refractivity contribution >= 4 is 33.5 Å². The SMILES string of the molecule is COc1ccc(Br)c(CNn2nnnc2N)c1OCc1ccc(Cl)cc1. The number of anilines is 1. The van der Waals surface area contributed by atoms with Gasteiger partial charge in [0.05, 0.1) is 13.7 Å². The fourth-order valence-electron chi connectivity index (χ4n) is 2.26. The second kappa shape index (κ2) is 8.24. The first kappa shape index (κ1) is 18.3. The van der Waals surface area contributed by atoms with Crippen LogP contribution in [0.3, 0.4) is 0 Å². The first-order chi connectivity index (χ1) is 12.6. The average molecular weight is 440 g/mol. The van der Waals surface area contributed by atoms with E-state index in [9.17, 15) is 0 Å². The van der Waals surface area contributed by atoms with E-state index in [0.29, 0.717) is 29.7 Å². The minimum absolute atomic E-state index is 0.160. The highest BCUT2D eigenvalue weighted by molar-refractivity contribution is 9.10. The molecule has 0 aliphatic carbocycles. The van der Waals surface area contributed by atoms with Crippen LogP contribution in [-0.4, -0.2) is 27.4 Å². The molecule has 8 nitrogen and oxygen atoms in total. The Bertz CT molecular complexity index is 887. The van der Waals surface area contributed by atoms with Gasteiger partial charge >= 0.3 is 0 Å². The minimum Gasteiger partial charge on any atom is -0.493 e. The number of nitrogen functional groups attached to an aromatic ring is 1. The van der Waals surface area contributed by atoms with E-state index < -0.39 is 0 Å². The molecule has 1 aromatic heterocycles. The molecular weight excluding hydrogens is 424 g/mol. The van der Waals surface area contributed by atoms with E-state index >= 15 is 0 Å². The van der Waals surface area contributed by atoms with Crippen LogP contribution in [0.1, 0.15) is 11.1 Å². The number of methoxy groups -OCH3 is 1. The molecule has 136 valence electrons. The minimum atomic E-state index is 0.160. The fourth-order valence-corrected chi connectivity index (χ4v) is 2.84. The zero-order valence-corrected chi connectivity index (χ0v) is 16.2. The predicted octanol–water partition coefficient (Wildman–Crippen LogP) is 3.00. The number of hydrogen-bond acceptors (Lipinski definition) is 7. The van der Waals surface area contributed by atoms with Crippen LogP contribution in [0.4, 0.5) is 5.95 Å². The van der Waals surface area contributed by atoms with E-state index in [1.54, 1.807) is 7.11 Å². The number of aromatic nitrogens is 4. The summed E-state index contributed by atoms with van der Waals surface area (Å²) in [4.78, 5) is 1.29. The molecule has 0 radical (unpaired) electrons. The number of halogens is 2. The van der Waals surface area contributed by atoms with Crippen molar-refractivity contribution in [2.45, 2.75) is 13.2 Å². The highest BCUT2D eigenvalue weighted by Crippen LogP contribution is 2.37. The fraction of sp³-hybridized carbons (Fsp3) is 0.188. The Morgan fingerprint density at radius 3 is 2.65 bits per heavy atom. The topological polar surface area (TPSA) is 100 Å². The maximum Gasteiger partial charge on any atom is 0.260 e. The summed E-state index contributed by atoms with van der Waals surface area (Å²) in [6.07, 6.45) is 0. The number of nitrogens with one attached hydrogen (secondary N) is 1. The number of benzene rings is 2. The third-order valence-corrected chi connectivity index (χ3v) is 4.58. The third-order valence-electron chi connectivity index (χ3n) is 3.58. The van der Waals surface area contributed by atoms with Gasteiger partial charge in [-0.25, -0.2) is 0 Å². The lowest BCUT2D eigenvalue weighted by molar-refractivity contribution is 0.281. The molecule has 0 bridgehead atoms. The van der Waals surface area contributed by atoms with Gasteiger partial charge < -0.3 is 20.6 Å². The molecule has 0 amide bonds. The van der Waals surface area contributed by atoms with Crippen LogP contribution in [-0.2, 0) is 13.2 Å². The molecule has 3 rings (SSSR count). The molecule has 0 saturated heterocycles. The summed E-state index contributed by atoms with van der Waals surface area (Å²) in [7, 11) is 1.59. The van der Waals surface area contributed by atoms with Gasteiger partial charge in [-0.2, -0.15) is 0 Å². The summed E-state index contributed by atoms with van der Waals surface area (Å²) in [5, 5.41) is 11.6. The lowest BCUT2D eigenvalue weighted by Gasteiger charge is -2.17. The molecule has 2 aromatic carbocycles. The first-order valence-corrected chi connectivity index (χ1v) is 8.76. The Balaban J connectivity index is 1.82. The summed E-state index contributed by atoms with van der Waals surface area (Å²) < 4.78 is 12.3. The first-order valence-electron chi connectivity index (χ1n) is 7.59. The molecule has 3 N–H and O–H groups in total. The van der Waals surface area contributed by atoms with E-state index in [-0.39, 0.29) is 5.95 Å². The quantitative estimate of drug-likeness (QED) is 0.583. The number of ether oxygens (including phenoxy) is 2. The number of hydrogen-bond donors (Lipinski definition) is 2. The van der Waals surface area contributed by atoms with Crippen LogP contribution >= 0.6 is 27.5 Å². The van der Waals surface area contributed by atoms with Gasteiger partial charge in [-0.1, -0.05) is 44.8 Å². The summed E-state index contributed by atoms with van der Waals surface area (Å²) >= 11 is 9.47. The second-order valence-electron chi connectivity index (χ2n) is 5.26. The Morgan fingerprint density at radius 1 is 1.23 bits per heavy atom. The lowest BCUT2D eigenvalue weighted by atomic mass is 10.2. The van der Waals surface area contributed by atoms with Gasteiger partial charge in [0, 0.05) is 15.1 Å². The predicted molar refractivity (Wildman–Crippen MR) is 102 cm³/mol. The van der Waals surface area contributed by atoms with Crippen molar-refractivity contribution in [3.8, 4) is 11.5 Å². The summed E-state index contributed by atoms with van der Waals surface area (Å²) in [5.41, 5.74) is 10.5. The van der Waals surface area contributed by atoms with Gasteiger partial charge in [-0.15, -0.1) is 4.79 Å². The summed E-state index contributed by atoms with van der Waals surface area (Å²) in [6, 6.07) is 11.2. The van der Waals surface area contributed by atoms with Gasteiger partial charge in [0.2, 0.25) is 0 Å². The van der Waals surface area contributed by atoms with Crippen molar-refractivity contribution in [1.29, 1.82) is 0 Å². The highest BCUT2D eigenvalue weighted by Gasteiger charge is 2.15. The van der Waals surface area contributed by atoms with Crippen molar-refractivity contribution < 1.29 is 9.47 Å². The van der Waals surface area contributed by atoms with Gasteiger partial charge in [-0.05, 0) is 40.3 Å². The standard InChI is InChI=1S/C16H16BrClN6O2/c1-25-14-7-6-13(17)12(8-20-24-16(19)21-22-23-24)15(14)26-9-10-2-4-11(18)5-3-10/h2-7,20H,8-9H2,1H3,(H2,19,21,23). The Hall–Kier alpha value is -2.52. The van der Waals surface area contributed by atoms with Crippen LogP contribution in [0.2, 0.25) is 5.02 Å². The van der Waals surface area contributed by atoms with Crippen molar-refractivity contribution in [2.75, 3.05) is 18.3 Å². The molecule has 0 saturated carbocycles. The van der Waals surface area contributed by atoms with E-state index in [1.165, 1.54) is 4.79 Å². The highest BCUT2D eigenvalue weighted by atomic mass is 79.9. The molecule has 0 fully saturated rings. The Kier molecular flexibility index (Phi) is 5.79. The van der Waals surface area contributed by atoms with Crippen LogP contribution in [0.15, 0.2) is 40.9 Å². The smallest absolute Gasteiger partial charge is 0.260 e. The molecule has 0 unspecified atom stereocenters. The molecule has 0 spiro atoms. The Morgan fingerprint density at radius 2 is 2.00 bits per heavy atom. The van der Waals surface area contributed by atoms with Crippen LogP contribution in [0.25, 0.3) is 0 Å². The molecule has 0 aliphatic heterocycles. The monoisotopic (exact) mass is 438 g/mol. The van der Waals surface area contributed by atoms with Gasteiger partial charge in [-0.3, -0.25) is 0 Å².